The summed E-state index contributed by atoms with van der Waals surface area (Å²) in [7, 11) is 1.59. The fraction of sp³-hybridized carbons (Fsp3) is 0.100. The van der Waals surface area contributed by atoms with Crippen molar-refractivity contribution in [2.24, 2.45) is 5.73 Å². The van der Waals surface area contributed by atoms with E-state index in [1.165, 1.54) is 0 Å². The lowest BCUT2D eigenvalue weighted by Gasteiger charge is -2.14. The van der Waals surface area contributed by atoms with Gasteiger partial charge in [-0.1, -0.05) is 6.07 Å². The minimum absolute atomic E-state index is 0.177. The predicted molar refractivity (Wildman–Crippen MR) is 98.0 cm³/mol. The van der Waals surface area contributed by atoms with Gasteiger partial charge in [-0.25, -0.2) is 4.79 Å². The zero-order valence-corrected chi connectivity index (χ0v) is 14.4. The molecule has 0 unspecified atom stereocenters. The molecule has 0 saturated heterocycles. The van der Waals surface area contributed by atoms with E-state index in [0.717, 1.165) is 11.3 Å². The van der Waals surface area contributed by atoms with Crippen LogP contribution in [0.2, 0.25) is 0 Å². The first-order valence-electron chi connectivity index (χ1n) is 7.92. The molecule has 3 N–H and O–H groups in total. The van der Waals surface area contributed by atoms with Crippen LogP contribution in [0.1, 0.15) is 26.3 Å². The van der Waals surface area contributed by atoms with Crippen LogP contribution in [0.4, 0.5) is 0 Å². The van der Waals surface area contributed by atoms with Crippen LogP contribution in [0.25, 0.3) is 16.9 Å². The number of aromatic nitrogens is 1. The van der Waals surface area contributed by atoms with Gasteiger partial charge in [0.25, 0.3) is 0 Å². The monoisotopic (exact) mass is 350 g/mol. The summed E-state index contributed by atoms with van der Waals surface area (Å²) in [5.74, 6) is -0.836. The second kappa shape index (κ2) is 6.76. The molecule has 1 aromatic heterocycles. The number of methoxy groups -OCH3 is 1. The Morgan fingerprint density at radius 2 is 1.77 bits per heavy atom. The molecule has 3 rings (SSSR count). The van der Waals surface area contributed by atoms with Gasteiger partial charge in [0.1, 0.15) is 5.75 Å². The Balaban J connectivity index is 2.20. The van der Waals surface area contributed by atoms with Gasteiger partial charge < -0.3 is 20.1 Å². The molecule has 0 spiro atoms. The van der Waals surface area contributed by atoms with Crippen LogP contribution >= 0.6 is 0 Å². The summed E-state index contributed by atoms with van der Waals surface area (Å²) in [4.78, 5) is 23.1. The molecule has 1 heterocycles. The van der Waals surface area contributed by atoms with Crippen LogP contribution in [-0.2, 0) is 0 Å². The lowest BCUT2D eigenvalue weighted by molar-refractivity contribution is 0.0697. The normalized spacial score (nSPS) is 10.5. The molecule has 132 valence electrons. The summed E-state index contributed by atoms with van der Waals surface area (Å²) in [6.07, 6.45) is 1.71. The van der Waals surface area contributed by atoms with E-state index in [9.17, 15) is 14.7 Å². The van der Waals surface area contributed by atoms with Crippen molar-refractivity contribution in [2.75, 3.05) is 7.11 Å². The number of nitrogens with two attached hydrogens (primary N) is 1. The van der Waals surface area contributed by atoms with Crippen molar-refractivity contribution in [1.82, 2.24) is 4.57 Å². The lowest BCUT2D eigenvalue weighted by Crippen LogP contribution is -2.11. The minimum atomic E-state index is -1.02. The number of ether oxygens (including phenoxy) is 1. The standard InChI is InChI=1S/C20H18N2O4/c1-12-11-13(19(21)23)3-8-16(12)18-17(20(24)25)9-10-22(18)14-4-6-15(26-2)7-5-14/h3-11H,1-2H3,(H2,21,23)(H,24,25). The number of hydrogen-bond donors (Lipinski definition) is 2. The first kappa shape index (κ1) is 17.3. The van der Waals surface area contributed by atoms with Crippen molar-refractivity contribution in [2.45, 2.75) is 6.92 Å². The zero-order chi connectivity index (χ0) is 18.8. The maximum atomic E-state index is 11.7. The quantitative estimate of drug-likeness (QED) is 0.738. The molecule has 0 aliphatic heterocycles. The number of hydrogen-bond acceptors (Lipinski definition) is 3. The topological polar surface area (TPSA) is 94.6 Å². The molecule has 0 saturated carbocycles. The lowest BCUT2D eigenvalue weighted by atomic mass is 9.99. The van der Waals surface area contributed by atoms with Gasteiger partial charge in [-0.05, 0) is 55.0 Å². The van der Waals surface area contributed by atoms with Gasteiger partial charge in [0, 0.05) is 23.0 Å². The van der Waals surface area contributed by atoms with Gasteiger partial charge in [0.15, 0.2) is 0 Å². The number of benzene rings is 2. The van der Waals surface area contributed by atoms with Gasteiger partial charge >= 0.3 is 5.97 Å². The van der Waals surface area contributed by atoms with E-state index in [4.69, 9.17) is 10.5 Å². The van der Waals surface area contributed by atoms with Gasteiger partial charge in [0.2, 0.25) is 5.91 Å². The summed E-state index contributed by atoms with van der Waals surface area (Å²) in [5, 5.41) is 9.60. The minimum Gasteiger partial charge on any atom is -0.497 e. The van der Waals surface area contributed by atoms with Gasteiger partial charge in [-0.2, -0.15) is 0 Å². The Morgan fingerprint density at radius 3 is 2.31 bits per heavy atom. The third kappa shape index (κ3) is 3.04. The largest absolute Gasteiger partial charge is 0.497 e. The maximum Gasteiger partial charge on any atom is 0.337 e. The number of amides is 1. The van der Waals surface area contributed by atoms with Crippen LogP contribution in [0.5, 0.6) is 5.75 Å². The fourth-order valence-electron chi connectivity index (χ4n) is 2.92. The van der Waals surface area contributed by atoms with Crippen LogP contribution < -0.4 is 10.5 Å². The molecule has 26 heavy (non-hydrogen) atoms. The SMILES string of the molecule is COc1ccc(-n2ccc(C(=O)O)c2-c2ccc(C(N)=O)cc2C)cc1. The molecular weight excluding hydrogens is 332 g/mol. The van der Waals surface area contributed by atoms with Crippen LogP contribution in [-0.4, -0.2) is 28.7 Å². The molecule has 3 aromatic rings. The number of nitrogens with zero attached hydrogens (tertiary/aromatic N) is 1. The van der Waals surface area contributed by atoms with Crippen LogP contribution in [0.15, 0.2) is 54.7 Å². The smallest absolute Gasteiger partial charge is 0.337 e. The molecule has 6 nitrogen and oxygen atoms in total. The summed E-state index contributed by atoms with van der Waals surface area (Å²) in [6, 6.07) is 13.9. The van der Waals surface area contributed by atoms with E-state index >= 15 is 0 Å². The Bertz CT molecular complexity index is 988. The zero-order valence-electron chi connectivity index (χ0n) is 14.4. The molecule has 0 aliphatic carbocycles. The third-order valence-corrected chi connectivity index (χ3v) is 4.23. The highest BCUT2D eigenvalue weighted by Gasteiger charge is 2.20. The number of primary amides is 1. The number of carbonyl (C=O) groups is 2. The fourth-order valence-corrected chi connectivity index (χ4v) is 2.92. The van der Waals surface area contributed by atoms with E-state index in [0.29, 0.717) is 22.6 Å². The Kier molecular flexibility index (Phi) is 4.49. The summed E-state index contributed by atoms with van der Waals surface area (Å²) < 4.78 is 6.97. The van der Waals surface area contributed by atoms with Crippen LogP contribution in [0.3, 0.4) is 0 Å². The average Bonchev–Trinajstić information content (AvgIpc) is 3.06. The summed E-state index contributed by atoms with van der Waals surface area (Å²) in [5.41, 5.74) is 8.70. The second-order valence-corrected chi connectivity index (χ2v) is 5.85. The van der Waals surface area contributed by atoms with E-state index in [-0.39, 0.29) is 5.56 Å². The average molecular weight is 350 g/mol. The number of carboxylic acids is 1. The number of aromatic carboxylic acids is 1. The highest BCUT2D eigenvalue weighted by molar-refractivity contribution is 5.97. The molecule has 2 aromatic carbocycles. The molecule has 1 amide bonds. The molecule has 0 aliphatic rings. The number of rotatable bonds is 5. The number of carboxylic acid groups (broad SMARTS) is 1. The first-order chi connectivity index (χ1) is 12.4. The van der Waals surface area contributed by atoms with Crippen LogP contribution in [0, 0.1) is 6.92 Å². The molecule has 0 radical (unpaired) electrons. The molecule has 6 heteroatoms. The highest BCUT2D eigenvalue weighted by Crippen LogP contribution is 2.31. The first-order valence-corrected chi connectivity index (χ1v) is 7.92. The molecule has 0 atom stereocenters. The van der Waals surface area contributed by atoms with Crippen molar-refractivity contribution in [3.63, 3.8) is 0 Å². The van der Waals surface area contributed by atoms with Gasteiger partial charge in [0.05, 0.1) is 18.4 Å². The van der Waals surface area contributed by atoms with Gasteiger partial charge in [-0.15, -0.1) is 0 Å². The maximum absolute atomic E-state index is 11.7. The van der Waals surface area contributed by atoms with E-state index in [1.54, 1.807) is 42.1 Å². The molecule has 0 fully saturated rings. The molecule has 0 bridgehead atoms. The Morgan fingerprint density at radius 1 is 1.08 bits per heavy atom. The predicted octanol–water partition coefficient (Wildman–Crippen LogP) is 3.26. The Labute approximate surface area is 150 Å². The number of aryl methyl sites for hydroxylation is 1. The Hall–Kier alpha value is -3.54. The van der Waals surface area contributed by atoms with Crippen molar-refractivity contribution >= 4 is 11.9 Å². The van der Waals surface area contributed by atoms with Crippen molar-refractivity contribution in [3.05, 3.63) is 71.4 Å². The van der Waals surface area contributed by atoms with Crippen molar-refractivity contribution in [3.8, 4) is 22.7 Å². The number of carbonyl (C=O) groups excluding carboxylic acids is 1. The summed E-state index contributed by atoms with van der Waals surface area (Å²) in [6.45, 7) is 1.82. The van der Waals surface area contributed by atoms with E-state index in [1.807, 2.05) is 31.2 Å². The molecular formula is C20H18N2O4. The van der Waals surface area contributed by atoms with Crippen molar-refractivity contribution < 1.29 is 19.4 Å². The third-order valence-electron chi connectivity index (χ3n) is 4.23. The van der Waals surface area contributed by atoms with Crippen molar-refractivity contribution in [1.29, 1.82) is 0 Å². The second-order valence-electron chi connectivity index (χ2n) is 5.85. The summed E-state index contributed by atoms with van der Waals surface area (Å²) >= 11 is 0. The van der Waals surface area contributed by atoms with E-state index in [2.05, 4.69) is 0 Å². The highest BCUT2D eigenvalue weighted by atomic mass is 16.5. The van der Waals surface area contributed by atoms with Gasteiger partial charge in [-0.3, -0.25) is 4.79 Å². The van der Waals surface area contributed by atoms with E-state index < -0.39 is 11.9 Å².